The van der Waals surface area contributed by atoms with Crippen LogP contribution >= 0.6 is 0 Å². The van der Waals surface area contributed by atoms with Crippen molar-refractivity contribution in [1.29, 1.82) is 0 Å². The summed E-state index contributed by atoms with van der Waals surface area (Å²) in [5, 5.41) is 8.11. The zero-order chi connectivity index (χ0) is 36.9. The van der Waals surface area contributed by atoms with Gasteiger partial charge in [0.15, 0.2) is 0 Å². The van der Waals surface area contributed by atoms with Crippen LogP contribution in [0.2, 0.25) is 0 Å². The van der Waals surface area contributed by atoms with Crippen molar-refractivity contribution in [3.8, 4) is 33.8 Å². The SMILES string of the molecule is C=C(/C=C\c1ccc2ccc(-c3cccc(-c4ccc5ccc6ccc(-c7ccc8ccccc8c7)nc6c5n4)c3)nc2c1C)c1ccc2ccccc2c1. The standard InChI is InChI=1S/C52H35N3/c1-33(41-22-17-36-8-3-5-10-42(36)30-41)14-15-35-16-19-38-24-27-47(53-50(38)34(35)2)44-12-7-13-45(32-44)48-28-25-39-20-21-40-26-29-49(55-52(40)51(39)54-48)46-23-18-37-9-4-6-11-43(37)31-46/h3-32H,1H2,2H3/b15-14-. The topological polar surface area (TPSA) is 38.7 Å². The zero-order valence-electron chi connectivity index (χ0n) is 30.4. The fourth-order valence-electron chi connectivity index (χ4n) is 7.64. The number of benzene rings is 7. The Hall–Kier alpha value is -7.23. The monoisotopic (exact) mass is 701 g/mol. The summed E-state index contributed by atoms with van der Waals surface area (Å²) in [6.07, 6.45) is 4.25. The number of hydrogen-bond donors (Lipinski definition) is 0. The first-order valence-corrected chi connectivity index (χ1v) is 18.6. The van der Waals surface area contributed by atoms with Crippen molar-refractivity contribution in [3.63, 3.8) is 0 Å². The number of rotatable bonds is 6. The first kappa shape index (κ1) is 32.4. The van der Waals surface area contributed by atoms with Crippen LogP contribution < -0.4 is 0 Å². The lowest BCUT2D eigenvalue weighted by molar-refractivity contribution is 1.34. The highest BCUT2D eigenvalue weighted by atomic mass is 14.8. The summed E-state index contributed by atoms with van der Waals surface area (Å²) in [6, 6.07) is 59.7. The van der Waals surface area contributed by atoms with Gasteiger partial charge in [0, 0.05) is 32.8 Å². The first-order chi connectivity index (χ1) is 27.0. The molecule has 3 aromatic heterocycles. The van der Waals surface area contributed by atoms with Crippen LogP contribution in [0.5, 0.6) is 0 Å². The first-order valence-electron chi connectivity index (χ1n) is 18.6. The number of allylic oxidation sites excluding steroid dienone is 2. The second kappa shape index (κ2) is 13.3. The quantitative estimate of drug-likeness (QED) is 0.128. The van der Waals surface area contributed by atoms with E-state index in [-0.39, 0.29) is 0 Å². The molecule has 0 aliphatic heterocycles. The number of fused-ring (bicyclic) bond motifs is 6. The Balaban J connectivity index is 0.976. The van der Waals surface area contributed by atoms with Gasteiger partial charge in [0.1, 0.15) is 0 Å². The fraction of sp³-hybridized carbons (Fsp3) is 0.0192. The van der Waals surface area contributed by atoms with Gasteiger partial charge in [-0.15, -0.1) is 0 Å². The highest BCUT2D eigenvalue weighted by Gasteiger charge is 2.12. The summed E-state index contributed by atoms with van der Waals surface area (Å²) >= 11 is 0. The summed E-state index contributed by atoms with van der Waals surface area (Å²) in [7, 11) is 0. The van der Waals surface area contributed by atoms with E-state index in [1.165, 1.54) is 21.5 Å². The van der Waals surface area contributed by atoms with Gasteiger partial charge in [-0.25, -0.2) is 15.0 Å². The van der Waals surface area contributed by atoms with E-state index in [1.54, 1.807) is 0 Å². The van der Waals surface area contributed by atoms with Gasteiger partial charge in [0.2, 0.25) is 0 Å². The molecule has 0 radical (unpaired) electrons. The molecule has 7 aromatic carbocycles. The van der Waals surface area contributed by atoms with E-state index in [0.717, 1.165) is 88.7 Å². The number of hydrogen-bond acceptors (Lipinski definition) is 3. The molecule has 0 aliphatic carbocycles. The molecule has 0 bridgehead atoms. The maximum atomic E-state index is 5.24. The average Bonchev–Trinajstić information content (AvgIpc) is 3.25. The van der Waals surface area contributed by atoms with E-state index < -0.39 is 0 Å². The van der Waals surface area contributed by atoms with Gasteiger partial charge in [-0.2, -0.15) is 0 Å². The second-order valence-electron chi connectivity index (χ2n) is 14.2. The normalized spacial score (nSPS) is 11.7. The van der Waals surface area contributed by atoms with E-state index in [9.17, 15) is 0 Å². The van der Waals surface area contributed by atoms with Crippen LogP contribution in [-0.2, 0) is 0 Å². The molecule has 0 saturated heterocycles. The van der Waals surface area contributed by atoms with Crippen molar-refractivity contribution in [3.05, 3.63) is 199 Å². The molecule has 0 saturated carbocycles. The van der Waals surface area contributed by atoms with Crippen molar-refractivity contribution >= 4 is 65.9 Å². The van der Waals surface area contributed by atoms with Crippen LogP contribution in [0.1, 0.15) is 16.7 Å². The molecule has 3 heteroatoms. The zero-order valence-corrected chi connectivity index (χ0v) is 30.4. The van der Waals surface area contributed by atoms with Gasteiger partial charge >= 0.3 is 0 Å². The summed E-state index contributed by atoms with van der Waals surface area (Å²) in [5.41, 5.74) is 13.1. The Morgan fingerprint density at radius 3 is 1.53 bits per heavy atom. The minimum absolute atomic E-state index is 0.895. The van der Waals surface area contributed by atoms with E-state index in [0.29, 0.717) is 0 Å². The van der Waals surface area contributed by atoms with Crippen molar-refractivity contribution in [1.82, 2.24) is 15.0 Å². The Morgan fingerprint density at radius 2 is 0.891 bits per heavy atom. The molecule has 10 aromatic rings. The lowest BCUT2D eigenvalue weighted by Crippen LogP contribution is -1.92. The van der Waals surface area contributed by atoms with E-state index >= 15 is 0 Å². The number of pyridine rings is 3. The molecular formula is C52H35N3. The van der Waals surface area contributed by atoms with Crippen LogP contribution in [0.25, 0.3) is 99.7 Å². The van der Waals surface area contributed by atoms with Crippen LogP contribution in [0.15, 0.2) is 183 Å². The maximum absolute atomic E-state index is 5.24. The van der Waals surface area contributed by atoms with Gasteiger partial charge < -0.3 is 0 Å². The molecule has 0 unspecified atom stereocenters. The van der Waals surface area contributed by atoms with Crippen molar-refractivity contribution in [2.45, 2.75) is 6.92 Å². The third kappa shape index (κ3) is 6.02. The molecule has 10 rings (SSSR count). The number of aryl methyl sites for hydroxylation is 1. The van der Waals surface area contributed by atoms with E-state index in [4.69, 9.17) is 15.0 Å². The van der Waals surface area contributed by atoms with Crippen LogP contribution in [0, 0.1) is 6.92 Å². The molecule has 0 spiro atoms. The average molecular weight is 702 g/mol. The predicted octanol–water partition coefficient (Wildman–Crippen LogP) is 13.7. The molecule has 0 aliphatic rings. The molecule has 55 heavy (non-hydrogen) atoms. The van der Waals surface area contributed by atoms with Gasteiger partial charge in [-0.1, -0.05) is 152 Å². The van der Waals surface area contributed by atoms with E-state index in [2.05, 4.69) is 196 Å². The second-order valence-corrected chi connectivity index (χ2v) is 14.2. The lowest BCUT2D eigenvalue weighted by Gasteiger charge is -2.11. The molecule has 0 N–H and O–H groups in total. The summed E-state index contributed by atoms with van der Waals surface area (Å²) in [5.74, 6) is 0. The predicted molar refractivity (Wildman–Crippen MR) is 233 cm³/mol. The molecular weight excluding hydrogens is 667 g/mol. The molecule has 0 atom stereocenters. The third-order valence-electron chi connectivity index (χ3n) is 10.8. The summed E-state index contributed by atoms with van der Waals surface area (Å²) < 4.78 is 0. The van der Waals surface area contributed by atoms with Gasteiger partial charge in [-0.3, -0.25) is 0 Å². The Bertz CT molecular complexity index is 3190. The molecule has 258 valence electrons. The van der Waals surface area contributed by atoms with Crippen molar-refractivity contribution in [2.75, 3.05) is 0 Å². The minimum atomic E-state index is 0.895. The lowest BCUT2D eigenvalue weighted by atomic mass is 9.99. The highest BCUT2D eigenvalue weighted by molar-refractivity contribution is 6.04. The van der Waals surface area contributed by atoms with Gasteiger partial charge in [0.05, 0.1) is 33.6 Å². The van der Waals surface area contributed by atoms with E-state index in [1.807, 2.05) is 0 Å². The molecule has 3 heterocycles. The minimum Gasteiger partial charge on any atom is -0.247 e. The van der Waals surface area contributed by atoms with Crippen LogP contribution in [0.4, 0.5) is 0 Å². The molecule has 0 amide bonds. The van der Waals surface area contributed by atoms with Crippen molar-refractivity contribution < 1.29 is 0 Å². The van der Waals surface area contributed by atoms with Crippen molar-refractivity contribution in [2.24, 2.45) is 0 Å². The Kier molecular flexibility index (Phi) is 7.85. The fourth-order valence-corrected chi connectivity index (χ4v) is 7.64. The Morgan fingerprint density at radius 1 is 0.418 bits per heavy atom. The van der Waals surface area contributed by atoms with Gasteiger partial charge in [0.25, 0.3) is 0 Å². The summed E-state index contributed by atoms with van der Waals surface area (Å²) in [4.78, 5) is 15.7. The van der Waals surface area contributed by atoms with Crippen LogP contribution in [0.3, 0.4) is 0 Å². The third-order valence-corrected chi connectivity index (χ3v) is 10.8. The number of nitrogens with zero attached hydrogens (tertiary/aromatic N) is 3. The highest BCUT2D eigenvalue weighted by Crippen LogP contribution is 2.32. The van der Waals surface area contributed by atoms with Gasteiger partial charge in [-0.05, 0) is 87.1 Å². The largest absolute Gasteiger partial charge is 0.247 e. The smallest absolute Gasteiger partial charge is 0.0972 e. The van der Waals surface area contributed by atoms with Crippen LogP contribution in [-0.4, -0.2) is 15.0 Å². The summed E-state index contributed by atoms with van der Waals surface area (Å²) in [6.45, 7) is 6.52. The number of aromatic nitrogens is 3. The maximum Gasteiger partial charge on any atom is 0.0972 e. The Labute approximate surface area is 319 Å². The molecule has 3 nitrogen and oxygen atoms in total. The molecule has 0 fully saturated rings.